The lowest BCUT2D eigenvalue weighted by molar-refractivity contribution is -0.126. The zero-order valence-electron chi connectivity index (χ0n) is 13.4. The zero-order valence-corrected chi connectivity index (χ0v) is 14.2. The second kappa shape index (κ2) is 6.60. The molecule has 3 atom stereocenters. The Morgan fingerprint density at radius 1 is 1.43 bits per heavy atom. The first-order valence-electron chi connectivity index (χ1n) is 8.18. The van der Waals surface area contributed by atoms with Gasteiger partial charge in [-0.3, -0.25) is 14.4 Å². The van der Waals surface area contributed by atoms with Crippen LogP contribution in [0.5, 0.6) is 0 Å². The number of carbonyl (C=O) groups excluding carboxylic acids is 1. The summed E-state index contributed by atoms with van der Waals surface area (Å²) in [5.41, 5.74) is 0. The third kappa shape index (κ3) is 3.92. The molecule has 1 N–H and O–H groups in total. The molecule has 8 heteroatoms. The highest BCUT2D eigenvalue weighted by molar-refractivity contribution is 7.91. The van der Waals surface area contributed by atoms with Crippen molar-refractivity contribution in [1.29, 1.82) is 0 Å². The van der Waals surface area contributed by atoms with E-state index in [0.29, 0.717) is 12.5 Å². The molecule has 0 spiro atoms. The van der Waals surface area contributed by atoms with E-state index < -0.39 is 9.84 Å². The summed E-state index contributed by atoms with van der Waals surface area (Å²) in [6, 6.07) is 1.71. The number of likely N-dealkylation sites (tertiary alicyclic amines) is 1. The Kier molecular flexibility index (Phi) is 4.72. The molecule has 2 fully saturated rings. The van der Waals surface area contributed by atoms with Gasteiger partial charge in [0.25, 0.3) is 0 Å². The Hall–Kier alpha value is -1.41. The Labute approximate surface area is 137 Å². The maximum atomic E-state index is 12.5. The van der Waals surface area contributed by atoms with Crippen LogP contribution in [0, 0.1) is 0 Å². The zero-order chi connectivity index (χ0) is 16.4. The standard InChI is InChI=1S/C15H24N4O3S/c1-12(15(20)17-13-5-9-23(21,22)11-13)19-8-2-4-14(19)10-18-7-3-6-16-18/h3,6-7,12-14H,2,4-5,8-11H2,1H3,(H,17,20). The van der Waals surface area contributed by atoms with E-state index in [9.17, 15) is 13.2 Å². The molecule has 2 saturated heterocycles. The fourth-order valence-corrected chi connectivity index (χ4v) is 5.24. The Morgan fingerprint density at radius 3 is 2.91 bits per heavy atom. The third-order valence-electron chi connectivity index (χ3n) is 4.84. The van der Waals surface area contributed by atoms with Gasteiger partial charge in [0, 0.05) is 24.5 Å². The van der Waals surface area contributed by atoms with Crippen molar-refractivity contribution < 1.29 is 13.2 Å². The van der Waals surface area contributed by atoms with Crippen molar-refractivity contribution in [1.82, 2.24) is 20.0 Å². The molecule has 2 aliphatic heterocycles. The van der Waals surface area contributed by atoms with Crippen molar-refractivity contribution in [2.24, 2.45) is 0 Å². The molecule has 3 unspecified atom stereocenters. The Morgan fingerprint density at radius 2 is 2.26 bits per heavy atom. The van der Waals surface area contributed by atoms with E-state index in [2.05, 4.69) is 15.3 Å². The van der Waals surface area contributed by atoms with Gasteiger partial charge in [-0.1, -0.05) is 0 Å². The van der Waals surface area contributed by atoms with E-state index in [-0.39, 0.29) is 29.5 Å². The molecule has 0 radical (unpaired) electrons. The molecule has 23 heavy (non-hydrogen) atoms. The average molecular weight is 340 g/mol. The van der Waals surface area contributed by atoms with Gasteiger partial charge in [0.2, 0.25) is 5.91 Å². The lowest BCUT2D eigenvalue weighted by atomic mass is 10.1. The molecular formula is C15H24N4O3S. The van der Waals surface area contributed by atoms with Crippen LogP contribution in [0.4, 0.5) is 0 Å². The molecule has 0 saturated carbocycles. The van der Waals surface area contributed by atoms with E-state index in [1.165, 1.54) is 0 Å². The number of aromatic nitrogens is 2. The first-order chi connectivity index (χ1) is 10.9. The Bertz CT molecular complexity index is 644. The largest absolute Gasteiger partial charge is 0.351 e. The molecule has 2 aliphatic rings. The molecule has 1 aromatic heterocycles. The summed E-state index contributed by atoms with van der Waals surface area (Å²) in [6.07, 6.45) is 6.34. The smallest absolute Gasteiger partial charge is 0.237 e. The molecule has 0 aromatic carbocycles. The SMILES string of the molecule is CC(C(=O)NC1CCS(=O)(=O)C1)N1CCCC1Cn1cccn1. The van der Waals surface area contributed by atoms with E-state index in [0.717, 1.165) is 25.9 Å². The highest BCUT2D eigenvalue weighted by Gasteiger charge is 2.35. The number of rotatable bonds is 5. The maximum absolute atomic E-state index is 12.5. The summed E-state index contributed by atoms with van der Waals surface area (Å²) in [6.45, 7) is 3.58. The van der Waals surface area contributed by atoms with Gasteiger partial charge in [0.15, 0.2) is 9.84 Å². The maximum Gasteiger partial charge on any atom is 0.237 e. The van der Waals surface area contributed by atoms with Crippen molar-refractivity contribution in [3.63, 3.8) is 0 Å². The van der Waals surface area contributed by atoms with Gasteiger partial charge in [-0.25, -0.2) is 8.42 Å². The predicted molar refractivity (Wildman–Crippen MR) is 86.6 cm³/mol. The molecule has 3 rings (SSSR count). The summed E-state index contributed by atoms with van der Waals surface area (Å²) in [7, 11) is -2.97. The molecule has 1 amide bonds. The van der Waals surface area contributed by atoms with Crippen LogP contribution >= 0.6 is 0 Å². The van der Waals surface area contributed by atoms with Gasteiger partial charge >= 0.3 is 0 Å². The van der Waals surface area contributed by atoms with Crippen molar-refractivity contribution in [2.75, 3.05) is 18.1 Å². The quantitative estimate of drug-likeness (QED) is 0.818. The summed E-state index contributed by atoms with van der Waals surface area (Å²) < 4.78 is 24.9. The van der Waals surface area contributed by atoms with Gasteiger partial charge in [-0.15, -0.1) is 0 Å². The predicted octanol–water partition coefficient (Wildman–Crippen LogP) is 0.0393. The van der Waals surface area contributed by atoms with Crippen molar-refractivity contribution in [3.8, 4) is 0 Å². The minimum absolute atomic E-state index is 0.0699. The summed E-state index contributed by atoms with van der Waals surface area (Å²) in [4.78, 5) is 14.7. The van der Waals surface area contributed by atoms with Crippen LogP contribution in [0.2, 0.25) is 0 Å². The molecule has 128 valence electrons. The second-order valence-electron chi connectivity index (χ2n) is 6.55. The molecule has 0 aliphatic carbocycles. The van der Waals surface area contributed by atoms with Crippen LogP contribution in [0.25, 0.3) is 0 Å². The van der Waals surface area contributed by atoms with Crippen molar-refractivity contribution in [2.45, 2.75) is 50.9 Å². The van der Waals surface area contributed by atoms with Crippen LogP contribution in [-0.4, -0.2) is 65.2 Å². The van der Waals surface area contributed by atoms with Crippen LogP contribution in [0.3, 0.4) is 0 Å². The molecule has 1 aromatic rings. The second-order valence-corrected chi connectivity index (χ2v) is 8.78. The van der Waals surface area contributed by atoms with E-state index >= 15 is 0 Å². The van der Waals surface area contributed by atoms with Gasteiger partial charge < -0.3 is 5.32 Å². The van der Waals surface area contributed by atoms with Crippen LogP contribution in [-0.2, 0) is 21.2 Å². The first-order valence-corrected chi connectivity index (χ1v) is 10.0. The molecule has 3 heterocycles. The number of sulfone groups is 1. The number of carbonyl (C=O) groups is 1. The summed E-state index contributed by atoms with van der Waals surface area (Å²) in [5.74, 6) is 0.180. The topological polar surface area (TPSA) is 84.3 Å². The van der Waals surface area contributed by atoms with Gasteiger partial charge in [-0.2, -0.15) is 5.10 Å². The van der Waals surface area contributed by atoms with Gasteiger partial charge in [0.1, 0.15) is 0 Å². The van der Waals surface area contributed by atoms with Gasteiger partial charge in [-0.05, 0) is 38.8 Å². The number of hydrogen-bond donors (Lipinski definition) is 1. The number of hydrogen-bond acceptors (Lipinski definition) is 5. The minimum Gasteiger partial charge on any atom is -0.351 e. The van der Waals surface area contributed by atoms with Crippen molar-refractivity contribution >= 4 is 15.7 Å². The average Bonchev–Trinajstić information content (AvgIpc) is 3.21. The van der Waals surface area contributed by atoms with Gasteiger partial charge in [0.05, 0.1) is 24.1 Å². The van der Waals surface area contributed by atoms with E-state index in [4.69, 9.17) is 0 Å². The lowest BCUT2D eigenvalue weighted by Gasteiger charge is -2.30. The number of amides is 1. The number of nitrogens with one attached hydrogen (secondary N) is 1. The highest BCUT2D eigenvalue weighted by atomic mass is 32.2. The number of nitrogens with zero attached hydrogens (tertiary/aromatic N) is 3. The highest BCUT2D eigenvalue weighted by Crippen LogP contribution is 2.22. The summed E-state index contributed by atoms with van der Waals surface area (Å²) >= 11 is 0. The van der Waals surface area contributed by atoms with Crippen molar-refractivity contribution in [3.05, 3.63) is 18.5 Å². The lowest BCUT2D eigenvalue weighted by Crippen LogP contribution is -2.50. The first kappa shape index (κ1) is 16.4. The van der Waals surface area contributed by atoms with Crippen LogP contribution in [0.15, 0.2) is 18.5 Å². The minimum atomic E-state index is -2.97. The van der Waals surface area contributed by atoms with E-state index in [1.807, 2.05) is 23.9 Å². The monoisotopic (exact) mass is 340 g/mol. The molecular weight excluding hydrogens is 316 g/mol. The fourth-order valence-electron chi connectivity index (χ4n) is 3.57. The Balaban J connectivity index is 1.57. The summed E-state index contributed by atoms with van der Waals surface area (Å²) in [5, 5.41) is 7.15. The van der Waals surface area contributed by atoms with Crippen LogP contribution in [0.1, 0.15) is 26.2 Å². The third-order valence-corrected chi connectivity index (χ3v) is 6.60. The fraction of sp³-hybridized carbons (Fsp3) is 0.733. The van der Waals surface area contributed by atoms with E-state index in [1.54, 1.807) is 6.20 Å². The normalized spacial score (nSPS) is 28.7. The van der Waals surface area contributed by atoms with Crippen LogP contribution < -0.4 is 5.32 Å². The molecule has 7 nitrogen and oxygen atoms in total. The molecule has 0 bridgehead atoms.